The standard InChI is InChI=1S/C17H18ClN3O3/c1-12-3-8-15(21(23)24)9-16(12)19-17(22)11-20(2)10-13-4-6-14(18)7-5-13/h3-9H,10-11H2,1-2H3,(H,19,22). The highest BCUT2D eigenvalue weighted by atomic mass is 35.5. The fraction of sp³-hybridized carbons (Fsp3) is 0.235. The van der Waals surface area contributed by atoms with Crippen molar-refractivity contribution in [3.8, 4) is 0 Å². The van der Waals surface area contributed by atoms with Gasteiger partial charge >= 0.3 is 0 Å². The summed E-state index contributed by atoms with van der Waals surface area (Å²) >= 11 is 5.85. The molecule has 0 atom stereocenters. The van der Waals surface area contributed by atoms with Crippen molar-refractivity contribution in [2.45, 2.75) is 13.5 Å². The third-order valence-electron chi connectivity index (χ3n) is 3.49. The maximum atomic E-state index is 12.2. The van der Waals surface area contributed by atoms with Gasteiger partial charge < -0.3 is 5.32 Å². The van der Waals surface area contributed by atoms with Crippen LogP contribution in [0.3, 0.4) is 0 Å². The summed E-state index contributed by atoms with van der Waals surface area (Å²) in [5.41, 5.74) is 2.22. The van der Waals surface area contributed by atoms with Crippen molar-refractivity contribution in [3.63, 3.8) is 0 Å². The average Bonchev–Trinajstić information content (AvgIpc) is 2.51. The summed E-state index contributed by atoms with van der Waals surface area (Å²) in [7, 11) is 1.83. The van der Waals surface area contributed by atoms with Gasteiger partial charge in [0.15, 0.2) is 0 Å². The first kappa shape index (κ1) is 17.9. The summed E-state index contributed by atoms with van der Waals surface area (Å²) in [5, 5.41) is 14.2. The summed E-state index contributed by atoms with van der Waals surface area (Å²) in [6, 6.07) is 11.8. The minimum atomic E-state index is -0.484. The molecule has 24 heavy (non-hydrogen) atoms. The van der Waals surface area contributed by atoms with Crippen molar-refractivity contribution < 1.29 is 9.72 Å². The number of aryl methyl sites for hydroxylation is 1. The Bertz CT molecular complexity index is 747. The number of nitrogens with one attached hydrogen (secondary N) is 1. The van der Waals surface area contributed by atoms with Gasteiger partial charge in [-0.05, 0) is 37.2 Å². The number of anilines is 1. The number of rotatable bonds is 6. The summed E-state index contributed by atoms with van der Waals surface area (Å²) in [6.07, 6.45) is 0. The van der Waals surface area contributed by atoms with Crippen LogP contribution >= 0.6 is 11.6 Å². The number of carbonyl (C=O) groups excluding carboxylic acids is 1. The molecule has 0 aliphatic rings. The van der Waals surface area contributed by atoms with Crippen LogP contribution in [0.5, 0.6) is 0 Å². The van der Waals surface area contributed by atoms with E-state index in [4.69, 9.17) is 11.6 Å². The number of carbonyl (C=O) groups is 1. The van der Waals surface area contributed by atoms with Gasteiger partial charge in [-0.25, -0.2) is 0 Å². The zero-order valence-electron chi connectivity index (χ0n) is 13.5. The van der Waals surface area contributed by atoms with Crippen LogP contribution in [0.4, 0.5) is 11.4 Å². The number of nitro groups is 1. The predicted molar refractivity (Wildman–Crippen MR) is 94.2 cm³/mol. The van der Waals surface area contributed by atoms with Crippen LogP contribution in [0.15, 0.2) is 42.5 Å². The Balaban J connectivity index is 1.96. The number of halogens is 1. The maximum absolute atomic E-state index is 12.2. The molecule has 126 valence electrons. The number of nitro benzene ring substituents is 1. The van der Waals surface area contributed by atoms with E-state index in [1.165, 1.54) is 12.1 Å². The number of likely N-dealkylation sites (N-methyl/N-ethyl adjacent to an activating group) is 1. The van der Waals surface area contributed by atoms with E-state index < -0.39 is 4.92 Å². The minimum absolute atomic E-state index is 0.0505. The van der Waals surface area contributed by atoms with E-state index in [0.717, 1.165) is 11.1 Å². The van der Waals surface area contributed by atoms with Crippen molar-refractivity contribution in [3.05, 3.63) is 68.7 Å². The van der Waals surface area contributed by atoms with E-state index in [1.54, 1.807) is 25.1 Å². The summed E-state index contributed by atoms with van der Waals surface area (Å²) in [5.74, 6) is -0.227. The number of non-ortho nitro benzene ring substituents is 1. The fourth-order valence-corrected chi connectivity index (χ4v) is 2.38. The normalized spacial score (nSPS) is 10.7. The molecule has 1 amide bonds. The van der Waals surface area contributed by atoms with Gasteiger partial charge in [-0.1, -0.05) is 29.8 Å². The van der Waals surface area contributed by atoms with Crippen molar-refractivity contribution in [2.75, 3.05) is 18.9 Å². The summed E-state index contributed by atoms with van der Waals surface area (Å²) in [4.78, 5) is 24.4. The number of hydrogen-bond acceptors (Lipinski definition) is 4. The van der Waals surface area contributed by atoms with Crippen LogP contribution in [0.2, 0.25) is 5.02 Å². The first-order valence-corrected chi connectivity index (χ1v) is 7.71. The molecule has 0 saturated heterocycles. The lowest BCUT2D eigenvalue weighted by Gasteiger charge is -2.17. The largest absolute Gasteiger partial charge is 0.324 e. The zero-order valence-corrected chi connectivity index (χ0v) is 14.2. The Morgan fingerprint density at radius 2 is 1.92 bits per heavy atom. The first-order valence-electron chi connectivity index (χ1n) is 7.33. The van der Waals surface area contributed by atoms with Crippen LogP contribution in [-0.2, 0) is 11.3 Å². The lowest BCUT2D eigenvalue weighted by molar-refractivity contribution is -0.384. The van der Waals surface area contributed by atoms with Crippen LogP contribution in [-0.4, -0.2) is 29.3 Å². The highest BCUT2D eigenvalue weighted by Crippen LogP contribution is 2.21. The van der Waals surface area contributed by atoms with Gasteiger partial charge in [0, 0.05) is 23.7 Å². The smallest absolute Gasteiger partial charge is 0.271 e. The van der Waals surface area contributed by atoms with Gasteiger partial charge in [-0.3, -0.25) is 19.8 Å². The molecule has 0 aromatic heterocycles. The molecule has 0 spiro atoms. The van der Waals surface area contributed by atoms with Gasteiger partial charge in [0.05, 0.1) is 17.2 Å². The quantitative estimate of drug-likeness (QED) is 0.639. The Morgan fingerprint density at radius 1 is 1.25 bits per heavy atom. The Hall–Kier alpha value is -2.44. The topological polar surface area (TPSA) is 75.5 Å². The second-order valence-corrected chi connectivity index (χ2v) is 6.04. The molecule has 2 aromatic rings. The Morgan fingerprint density at radius 3 is 2.54 bits per heavy atom. The molecular formula is C17H18ClN3O3. The molecule has 0 saturated carbocycles. The molecule has 0 radical (unpaired) electrons. The van der Waals surface area contributed by atoms with Crippen molar-refractivity contribution >= 4 is 28.9 Å². The molecule has 2 aromatic carbocycles. The van der Waals surface area contributed by atoms with E-state index in [9.17, 15) is 14.9 Å². The highest BCUT2D eigenvalue weighted by molar-refractivity contribution is 6.30. The first-order chi connectivity index (χ1) is 11.3. The molecule has 6 nitrogen and oxygen atoms in total. The van der Waals surface area contributed by atoms with Crippen LogP contribution in [0.25, 0.3) is 0 Å². The van der Waals surface area contributed by atoms with E-state index >= 15 is 0 Å². The van der Waals surface area contributed by atoms with E-state index in [2.05, 4.69) is 5.32 Å². The van der Waals surface area contributed by atoms with E-state index in [-0.39, 0.29) is 18.1 Å². The molecule has 0 aliphatic heterocycles. The number of hydrogen-bond donors (Lipinski definition) is 1. The van der Waals surface area contributed by atoms with Gasteiger partial charge in [0.1, 0.15) is 0 Å². The third kappa shape index (κ3) is 5.04. The van der Waals surface area contributed by atoms with Crippen molar-refractivity contribution in [1.82, 2.24) is 4.90 Å². The molecule has 0 unspecified atom stereocenters. The molecule has 0 bridgehead atoms. The monoisotopic (exact) mass is 347 g/mol. The molecular weight excluding hydrogens is 330 g/mol. The molecule has 0 fully saturated rings. The molecule has 0 aliphatic carbocycles. The van der Waals surface area contributed by atoms with Crippen molar-refractivity contribution in [2.24, 2.45) is 0 Å². The summed E-state index contributed by atoms with van der Waals surface area (Å²) in [6.45, 7) is 2.56. The Kier molecular flexibility index (Phi) is 5.89. The second-order valence-electron chi connectivity index (χ2n) is 5.60. The van der Waals surface area contributed by atoms with Crippen LogP contribution < -0.4 is 5.32 Å². The minimum Gasteiger partial charge on any atom is -0.324 e. The third-order valence-corrected chi connectivity index (χ3v) is 3.74. The lowest BCUT2D eigenvalue weighted by atomic mass is 10.2. The molecule has 2 rings (SSSR count). The molecule has 0 heterocycles. The van der Waals surface area contributed by atoms with E-state index in [0.29, 0.717) is 17.3 Å². The van der Waals surface area contributed by atoms with Crippen LogP contribution in [0.1, 0.15) is 11.1 Å². The predicted octanol–water partition coefficient (Wildman–Crippen LogP) is 3.63. The molecule has 7 heteroatoms. The second kappa shape index (κ2) is 7.90. The number of nitrogens with zero attached hydrogens (tertiary/aromatic N) is 2. The van der Waals surface area contributed by atoms with Gasteiger partial charge in [0.25, 0.3) is 5.69 Å². The summed E-state index contributed by atoms with van der Waals surface area (Å²) < 4.78 is 0. The lowest BCUT2D eigenvalue weighted by Crippen LogP contribution is -2.30. The highest BCUT2D eigenvalue weighted by Gasteiger charge is 2.12. The van der Waals surface area contributed by atoms with Gasteiger partial charge in [0.2, 0.25) is 5.91 Å². The number of benzene rings is 2. The van der Waals surface area contributed by atoms with Crippen LogP contribution in [0, 0.1) is 17.0 Å². The zero-order chi connectivity index (χ0) is 17.7. The SMILES string of the molecule is Cc1ccc([N+](=O)[O-])cc1NC(=O)CN(C)Cc1ccc(Cl)cc1. The van der Waals surface area contributed by atoms with Crippen molar-refractivity contribution in [1.29, 1.82) is 0 Å². The number of amides is 1. The molecule has 1 N–H and O–H groups in total. The van der Waals surface area contributed by atoms with Gasteiger partial charge in [-0.15, -0.1) is 0 Å². The average molecular weight is 348 g/mol. The Labute approximate surface area is 145 Å². The van der Waals surface area contributed by atoms with E-state index in [1.807, 2.05) is 24.1 Å². The fourth-order valence-electron chi connectivity index (χ4n) is 2.25. The maximum Gasteiger partial charge on any atom is 0.271 e. The van der Waals surface area contributed by atoms with Gasteiger partial charge in [-0.2, -0.15) is 0 Å².